The molecule has 0 spiro atoms. The van der Waals surface area contributed by atoms with Crippen LogP contribution >= 0.6 is 15.9 Å². The average Bonchev–Trinajstić information content (AvgIpc) is 2.49. The molecule has 102 valence electrons. The number of hydrogen-bond acceptors (Lipinski definition) is 4. The minimum atomic E-state index is -0.164. The molecule has 1 heterocycles. The van der Waals surface area contributed by atoms with Crippen molar-refractivity contribution in [2.45, 2.75) is 20.0 Å². The molecule has 0 aliphatic rings. The predicted molar refractivity (Wildman–Crippen MR) is 80.4 cm³/mol. The first-order valence-electron chi connectivity index (χ1n) is 6.14. The minimum Gasteiger partial charge on any atom is -0.379 e. The molecule has 0 unspecified atom stereocenters. The van der Waals surface area contributed by atoms with Gasteiger partial charge in [0.15, 0.2) is 0 Å². The number of rotatable bonds is 4. The van der Waals surface area contributed by atoms with Gasteiger partial charge in [0.05, 0.1) is 23.5 Å². The Morgan fingerprint density at radius 2 is 2.30 bits per heavy atom. The van der Waals surface area contributed by atoms with E-state index in [4.69, 9.17) is 5.26 Å². The zero-order valence-corrected chi connectivity index (χ0v) is 12.5. The molecule has 0 radical (unpaired) electrons. The number of benzene rings is 1. The van der Waals surface area contributed by atoms with Gasteiger partial charge in [0.25, 0.3) is 5.56 Å². The lowest BCUT2D eigenvalue weighted by molar-refractivity contribution is 0.613. The van der Waals surface area contributed by atoms with Gasteiger partial charge in [0.2, 0.25) is 0 Å². The largest absolute Gasteiger partial charge is 0.379 e. The van der Waals surface area contributed by atoms with E-state index < -0.39 is 0 Å². The third kappa shape index (κ3) is 3.06. The van der Waals surface area contributed by atoms with E-state index in [1.54, 1.807) is 12.3 Å². The fourth-order valence-corrected chi connectivity index (χ4v) is 2.21. The van der Waals surface area contributed by atoms with Crippen LogP contribution < -0.4 is 10.9 Å². The van der Waals surface area contributed by atoms with E-state index in [9.17, 15) is 4.79 Å². The molecule has 1 aromatic carbocycles. The number of aryl methyl sites for hydroxylation is 1. The summed E-state index contributed by atoms with van der Waals surface area (Å²) in [4.78, 5) is 11.9. The smallest absolute Gasteiger partial charge is 0.283 e. The van der Waals surface area contributed by atoms with Crippen molar-refractivity contribution in [2.24, 2.45) is 0 Å². The first-order valence-corrected chi connectivity index (χ1v) is 6.93. The van der Waals surface area contributed by atoms with Gasteiger partial charge in [0.1, 0.15) is 4.47 Å². The highest BCUT2D eigenvalue weighted by atomic mass is 79.9. The lowest BCUT2D eigenvalue weighted by Crippen LogP contribution is -2.23. The zero-order chi connectivity index (χ0) is 14.5. The van der Waals surface area contributed by atoms with Crippen molar-refractivity contribution >= 4 is 21.6 Å². The van der Waals surface area contributed by atoms with Gasteiger partial charge in [0, 0.05) is 13.1 Å². The van der Waals surface area contributed by atoms with E-state index in [0.29, 0.717) is 28.8 Å². The Bertz CT molecular complexity index is 718. The molecule has 0 aliphatic carbocycles. The second-order valence-corrected chi connectivity index (χ2v) is 4.95. The molecule has 0 bridgehead atoms. The monoisotopic (exact) mass is 332 g/mol. The van der Waals surface area contributed by atoms with E-state index >= 15 is 0 Å². The van der Waals surface area contributed by atoms with E-state index in [0.717, 1.165) is 5.56 Å². The highest BCUT2D eigenvalue weighted by molar-refractivity contribution is 9.10. The molecule has 2 aromatic rings. The third-order valence-corrected chi connectivity index (χ3v) is 3.59. The summed E-state index contributed by atoms with van der Waals surface area (Å²) in [6, 6.07) is 9.41. The Kier molecular flexibility index (Phi) is 4.53. The van der Waals surface area contributed by atoms with Gasteiger partial charge in [-0.25, -0.2) is 4.68 Å². The van der Waals surface area contributed by atoms with E-state index in [1.807, 2.05) is 25.1 Å². The van der Waals surface area contributed by atoms with Crippen molar-refractivity contribution in [3.63, 3.8) is 0 Å². The molecule has 1 N–H and O–H groups in total. The van der Waals surface area contributed by atoms with Gasteiger partial charge >= 0.3 is 0 Å². The van der Waals surface area contributed by atoms with Crippen molar-refractivity contribution in [3.05, 3.63) is 56.4 Å². The molecule has 0 atom stereocenters. The van der Waals surface area contributed by atoms with E-state index in [1.165, 1.54) is 4.68 Å². The number of nitrogens with one attached hydrogen (secondary N) is 1. The summed E-state index contributed by atoms with van der Waals surface area (Å²) in [6.45, 7) is 2.91. The van der Waals surface area contributed by atoms with Gasteiger partial charge < -0.3 is 5.32 Å². The van der Waals surface area contributed by atoms with Gasteiger partial charge in [-0.15, -0.1) is 0 Å². The number of hydrogen-bond donors (Lipinski definition) is 1. The fraction of sp³-hybridized carbons (Fsp3) is 0.214. The summed E-state index contributed by atoms with van der Waals surface area (Å²) < 4.78 is 1.84. The molecule has 0 aliphatic heterocycles. The first-order chi connectivity index (χ1) is 9.65. The second kappa shape index (κ2) is 6.35. The molecular weight excluding hydrogens is 320 g/mol. The first kappa shape index (κ1) is 14.3. The van der Waals surface area contributed by atoms with Crippen molar-refractivity contribution in [2.75, 3.05) is 5.32 Å². The SMILES string of the molecule is CCn1ncc(NCc2cccc(C#N)c2)c(Br)c1=O. The summed E-state index contributed by atoms with van der Waals surface area (Å²) in [5, 5.41) is 16.1. The Morgan fingerprint density at radius 1 is 1.50 bits per heavy atom. The zero-order valence-electron chi connectivity index (χ0n) is 10.9. The van der Waals surface area contributed by atoms with Gasteiger partial charge in [-0.1, -0.05) is 12.1 Å². The Labute approximate surface area is 125 Å². The summed E-state index contributed by atoms with van der Waals surface area (Å²) in [7, 11) is 0. The number of anilines is 1. The lowest BCUT2D eigenvalue weighted by atomic mass is 10.1. The second-order valence-electron chi connectivity index (χ2n) is 4.16. The van der Waals surface area contributed by atoms with Crippen LogP contribution in [0.3, 0.4) is 0 Å². The summed E-state index contributed by atoms with van der Waals surface area (Å²) in [5.41, 5.74) is 2.06. The van der Waals surface area contributed by atoms with Crippen LogP contribution in [0.15, 0.2) is 39.7 Å². The quantitative estimate of drug-likeness (QED) is 0.933. The van der Waals surface area contributed by atoms with E-state index in [2.05, 4.69) is 32.4 Å². The topological polar surface area (TPSA) is 70.7 Å². The molecule has 2 rings (SSSR count). The lowest BCUT2D eigenvalue weighted by Gasteiger charge is -2.09. The highest BCUT2D eigenvalue weighted by Gasteiger charge is 2.07. The fourth-order valence-electron chi connectivity index (χ4n) is 1.76. The maximum Gasteiger partial charge on any atom is 0.283 e. The van der Waals surface area contributed by atoms with Crippen molar-refractivity contribution in [1.82, 2.24) is 9.78 Å². The highest BCUT2D eigenvalue weighted by Crippen LogP contribution is 2.17. The molecule has 6 heteroatoms. The van der Waals surface area contributed by atoms with E-state index in [-0.39, 0.29) is 5.56 Å². The van der Waals surface area contributed by atoms with Crippen LogP contribution in [0.5, 0.6) is 0 Å². The molecule has 0 amide bonds. The van der Waals surface area contributed by atoms with Gasteiger partial charge in [-0.3, -0.25) is 4.79 Å². The predicted octanol–water partition coefficient (Wildman–Crippen LogP) is 2.51. The minimum absolute atomic E-state index is 0.164. The van der Waals surface area contributed by atoms with Crippen LogP contribution in [-0.4, -0.2) is 9.78 Å². The average molecular weight is 333 g/mol. The van der Waals surface area contributed by atoms with Crippen LogP contribution in [0.4, 0.5) is 5.69 Å². The molecular formula is C14H13BrN4O. The molecule has 20 heavy (non-hydrogen) atoms. The summed E-state index contributed by atoms with van der Waals surface area (Å²) in [6.07, 6.45) is 1.61. The van der Waals surface area contributed by atoms with Crippen molar-refractivity contribution in [3.8, 4) is 6.07 Å². The van der Waals surface area contributed by atoms with Gasteiger partial charge in [-0.05, 0) is 40.5 Å². The normalized spacial score (nSPS) is 10.1. The third-order valence-electron chi connectivity index (χ3n) is 2.82. The number of nitrogens with zero attached hydrogens (tertiary/aromatic N) is 3. The number of halogens is 1. The molecule has 0 saturated carbocycles. The Hall–Kier alpha value is -2.13. The standard InChI is InChI=1S/C14H13BrN4O/c1-2-19-14(20)13(15)12(9-18-19)17-8-11-5-3-4-10(6-11)7-16/h3-6,9,17H,2,8H2,1H3. The summed E-state index contributed by atoms with van der Waals surface area (Å²) in [5.74, 6) is 0. The number of nitriles is 1. The number of aromatic nitrogens is 2. The maximum absolute atomic E-state index is 11.9. The molecule has 0 saturated heterocycles. The molecule has 0 fully saturated rings. The van der Waals surface area contributed by atoms with Crippen molar-refractivity contribution in [1.29, 1.82) is 5.26 Å². The maximum atomic E-state index is 11.9. The van der Waals surface area contributed by atoms with Crippen LogP contribution in [-0.2, 0) is 13.1 Å². The Balaban J connectivity index is 2.17. The summed E-state index contributed by atoms with van der Waals surface area (Å²) >= 11 is 3.29. The molecule has 1 aromatic heterocycles. The van der Waals surface area contributed by atoms with Crippen LogP contribution in [0.1, 0.15) is 18.1 Å². The van der Waals surface area contributed by atoms with Crippen molar-refractivity contribution < 1.29 is 0 Å². The van der Waals surface area contributed by atoms with Crippen LogP contribution in [0, 0.1) is 11.3 Å². The van der Waals surface area contributed by atoms with Gasteiger partial charge in [-0.2, -0.15) is 10.4 Å². The van der Waals surface area contributed by atoms with Crippen LogP contribution in [0.2, 0.25) is 0 Å². The van der Waals surface area contributed by atoms with Crippen LogP contribution in [0.25, 0.3) is 0 Å². The molecule has 5 nitrogen and oxygen atoms in total. The Morgan fingerprint density at radius 3 is 3.00 bits per heavy atom.